The van der Waals surface area contributed by atoms with Gasteiger partial charge >= 0.3 is 0 Å². The minimum atomic E-state index is -0.497. The van der Waals surface area contributed by atoms with Crippen LogP contribution in [-0.2, 0) is 18.4 Å². The zero-order valence-electron chi connectivity index (χ0n) is 11.5. The van der Waals surface area contributed by atoms with Gasteiger partial charge in [0.15, 0.2) is 0 Å². The molecule has 20 heavy (non-hydrogen) atoms. The summed E-state index contributed by atoms with van der Waals surface area (Å²) in [6.45, 7) is 3.60. The maximum absolute atomic E-state index is 13.6. The van der Waals surface area contributed by atoms with Crippen molar-refractivity contribution in [2.75, 3.05) is 0 Å². The van der Waals surface area contributed by atoms with Gasteiger partial charge in [-0.1, -0.05) is 0 Å². The second-order valence-electron chi connectivity index (χ2n) is 4.42. The highest BCUT2D eigenvalue weighted by Crippen LogP contribution is 2.07. The smallest absolute Gasteiger partial charge is 0.261 e. The molecule has 0 aliphatic rings. The van der Waals surface area contributed by atoms with Crippen molar-refractivity contribution in [3.8, 4) is 0 Å². The molecule has 0 atom stereocenters. The quantitative estimate of drug-likeness (QED) is 0.654. The fourth-order valence-corrected chi connectivity index (χ4v) is 1.70. The molecule has 0 bridgehead atoms. The first-order valence-electron chi connectivity index (χ1n) is 5.97. The van der Waals surface area contributed by atoms with Crippen LogP contribution in [-0.4, -0.2) is 31.7 Å². The van der Waals surface area contributed by atoms with Crippen molar-refractivity contribution in [1.29, 1.82) is 0 Å². The Bertz CT molecular complexity index is 657. The van der Waals surface area contributed by atoms with E-state index in [4.69, 9.17) is 0 Å². The van der Waals surface area contributed by atoms with Gasteiger partial charge in [0.25, 0.3) is 5.91 Å². The average Bonchev–Trinajstić information content (AvgIpc) is 2.88. The molecule has 1 N–H and O–H groups in total. The molecule has 1 amide bonds. The van der Waals surface area contributed by atoms with Gasteiger partial charge in [0.2, 0.25) is 5.95 Å². The highest BCUT2D eigenvalue weighted by atomic mass is 19.1. The number of hydrazone groups is 1. The number of hydrogen-bond donors (Lipinski definition) is 1. The first-order valence-corrected chi connectivity index (χ1v) is 5.97. The van der Waals surface area contributed by atoms with Crippen molar-refractivity contribution in [2.45, 2.75) is 20.4 Å². The van der Waals surface area contributed by atoms with Crippen LogP contribution in [0.5, 0.6) is 0 Å². The summed E-state index contributed by atoms with van der Waals surface area (Å²) in [5, 5.41) is 11.6. The molecule has 0 saturated carbocycles. The van der Waals surface area contributed by atoms with Crippen molar-refractivity contribution >= 4 is 12.1 Å². The zero-order valence-corrected chi connectivity index (χ0v) is 11.5. The number of nitrogens with zero attached hydrogens (tertiary/aromatic N) is 5. The van der Waals surface area contributed by atoms with Gasteiger partial charge in [0, 0.05) is 13.2 Å². The summed E-state index contributed by atoms with van der Waals surface area (Å²) in [6, 6.07) is 0. The van der Waals surface area contributed by atoms with Crippen molar-refractivity contribution in [2.24, 2.45) is 12.1 Å². The van der Waals surface area contributed by atoms with E-state index in [1.165, 1.54) is 17.9 Å². The molecule has 0 aliphatic carbocycles. The first-order chi connectivity index (χ1) is 9.47. The van der Waals surface area contributed by atoms with Gasteiger partial charge in [0.1, 0.15) is 6.54 Å². The zero-order chi connectivity index (χ0) is 14.7. The lowest BCUT2D eigenvalue weighted by molar-refractivity contribution is -0.121. The molecule has 2 rings (SSSR count). The monoisotopic (exact) mass is 278 g/mol. The van der Waals surface area contributed by atoms with Gasteiger partial charge in [-0.2, -0.15) is 19.7 Å². The van der Waals surface area contributed by atoms with Crippen LogP contribution in [0.4, 0.5) is 4.39 Å². The van der Waals surface area contributed by atoms with Crippen LogP contribution in [0.2, 0.25) is 0 Å². The fraction of sp³-hybridized carbons (Fsp3) is 0.333. The Hall–Kier alpha value is -2.51. The van der Waals surface area contributed by atoms with Gasteiger partial charge in [-0.05, 0) is 19.4 Å². The predicted octanol–water partition coefficient (Wildman–Crippen LogP) is 0.523. The van der Waals surface area contributed by atoms with Gasteiger partial charge in [-0.25, -0.2) is 10.1 Å². The van der Waals surface area contributed by atoms with Crippen LogP contribution in [0.25, 0.3) is 0 Å². The summed E-state index contributed by atoms with van der Waals surface area (Å²) < 4.78 is 16.2. The molecule has 106 valence electrons. The average molecular weight is 278 g/mol. The van der Waals surface area contributed by atoms with E-state index >= 15 is 0 Å². The van der Waals surface area contributed by atoms with Crippen LogP contribution in [0, 0.1) is 19.8 Å². The third-order valence-corrected chi connectivity index (χ3v) is 2.65. The molecule has 0 unspecified atom stereocenters. The van der Waals surface area contributed by atoms with Gasteiger partial charge < -0.3 is 0 Å². The Labute approximate surface area is 115 Å². The SMILES string of the molecule is Cc1cnn(CC(=O)N/N=C\c2c(C)nn(C)c2F)c1. The number of halogens is 1. The number of aromatic nitrogens is 4. The second kappa shape index (κ2) is 5.64. The van der Waals surface area contributed by atoms with Crippen molar-refractivity contribution in [1.82, 2.24) is 25.0 Å². The number of rotatable bonds is 4. The number of hydrogen-bond acceptors (Lipinski definition) is 4. The van der Waals surface area contributed by atoms with E-state index in [0.29, 0.717) is 5.69 Å². The lowest BCUT2D eigenvalue weighted by Gasteiger charge is -1.99. The highest BCUT2D eigenvalue weighted by molar-refractivity contribution is 5.83. The van der Waals surface area contributed by atoms with Gasteiger partial charge in [-0.3, -0.25) is 9.48 Å². The number of carbonyl (C=O) groups is 1. The lowest BCUT2D eigenvalue weighted by Crippen LogP contribution is -2.23. The Morgan fingerprint density at radius 3 is 2.85 bits per heavy atom. The Morgan fingerprint density at radius 2 is 2.30 bits per heavy atom. The largest absolute Gasteiger partial charge is 0.271 e. The summed E-state index contributed by atoms with van der Waals surface area (Å²) in [5.41, 5.74) is 4.04. The summed E-state index contributed by atoms with van der Waals surface area (Å²) in [7, 11) is 1.50. The van der Waals surface area contributed by atoms with Crippen LogP contribution in [0.1, 0.15) is 16.8 Å². The number of carbonyl (C=O) groups excluding carboxylic acids is 1. The molecule has 7 nitrogen and oxygen atoms in total. The van der Waals surface area contributed by atoms with Gasteiger partial charge in [0.05, 0.1) is 23.7 Å². The molecule has 0 radical (unpaired) electrons. The van der Waals surface area contributed by atoms with Crippen molar-refractivity contribution in [3.05, 3.63) is 35.2 Å². The maximum atomic E-state index is 13.6. The number of nitrogens with one attached hydrogen (secondary N) is 1. The molecule has 2 aromatic rings. The van der Waals surface area contributed by atoms with Crippen LogP contribution < -0.4 is 5.43 Å². The Kier molecular flexibility index (Phi) is 3.92. The molecule has 0 fully saturated rings. The fourth-order valence-electron chi connectivity index (χ4n) is 1.70. The third-order valence-electron chi connectivity index (χ3n) is 2.65. The molecule has 0 aromatic carbocycles. The normalized spacial score (nSPS) is 11.2. The molecule has 8 heteroatoms. The van der Waals surface area contributed by atoms with Crippen molar-refractivity contribution in [3.63, 3.8) is 0 Å². The van der Waals surface area contributed by atoms with E-state index in [1.807, 2.05) is 6.92 Å². The maximum Gasteiger partial charge on any atom is 0.261 e. The minimum Gasteiger partial charge on any atom is -0.271 e. The van der Waals surface area contributed by atoms with Crippen LogP contribution in [0.3, 0.4) is 0 Å². The number of aryl methyl sites for hydroxylation is 3. The Balaban J connectivity index is 1.94. The van der Waals surface area contributed by atoms with E-state index in [0.717, 1.165) is 10.2 Å². The van der Waals surface area contributed by atoms with E-state index in [9.17, 15) is 9.18 Å². The Morgan fingerprint density at radius 1 is 1.55 bits per heavy atom. The number of amides is 1. The molecule has 0 saturated heterocycles. The molecular formula is C12H15FN6O. The second-order valence-corrected chi connectivity index (χ2v) is 4.42. The van der Waals surface area contributed by atoms with Crippen LogP contribution in [0.15, 0.2) is 17.5 Å². The summed E-state index contributed by atoms with van der Waals surface area (Å²) in [6.07, 6.45) is 4.64. The highest BCUT2D eigenvalue weighted by Gasteiger charge is 2.10. The molecule has 2 heterocycles. The van der Waals surface area contributed by atoms with E-state index in [1.54, 1.807) is 19.3 Å². The van der Waals surface area contributed by atoms with E-state index in [-0.39, 0.29) is 18.0 Å². The third kappa shape index (κ3) is 3.08. The molecule has 0 aliphatic heterocycles. The topological polar surface area (TPSA) is 77.1 Å². The molecule has 2 aromatic heterocycles. The van der Waals surface area contributed by atoms with E-state index < -0.39 is 5.95 Å². The lowest BCUT2D eigenvalue weighted by atomic mass is 10.3. The van der Waals surface area contributed by atoms with Gasteiger partial charge in [-0.15, -0.1) is 0 Å². The summed E-state index contributed by atoms with van der Waals surface area (Å²) >= 11 is 0. The van der Waals surface area contributed by atoms with E-state index in [2.05, 4.69) is 20.7 Å². The minimum absolute atomic E-state index is 0.0552. The molecular weight excluding hydrogens is 263 g/mol. The predicted molar refractivity (Wildman–Crippen MR) is 70.6 cm³/mol. The summed E-state index contributed by atoms with van der Waals surface area (Å²) in [4.78, 5) is 11.6. The standard InChI is InChI=1S/C12H15FN6O/c1-8-4-15-19(6-8)7-11(20)16-14-5-10-9(2)17-18(3)12(10)13/h4-6H,7H2,1-3H3,(H,16,20)/b14-5-. The first kappa shape index (κ1) is 13.9. The van der Waals surface area contributed by atoms with Crippen LogP contribution >= 0.6 is 0 Å². The summed E-state index contributed by atoms with van der Waals surface area (Å²) in [5.74, 6) is -0.838. The van der Waals surface area contributed by atoms with Crippen molar-refractivity contribution < 1.29 is 9.18 Å². The molecule has 0 spiro atoms.